The maximum absolute atomic E-state index is 7.10. The van der Waals surface area contributed by atoms with Crippen molar-refractivity contribution in [1.29, 1.82) is 0 Å². The maximum Gasteiger partial charge on any atom is 0.124 e. The Hall–Kier alpha value is -6.45. The molecule has 0 aromatic heterocycles. The van der Waals surface area contributed by atoms with Crippen LogP contribution in [0.3, 0.4) is 0 Å². The van der Waals surface area contributed by atoms with Gasteiger partial charge < -0.3 is 10.5 Å². The first-order chi connectivity index (χ1) is 26.2. The Labute approximate surface area is 311 Å². The lowest BCUT2D eigenvalue weighted by molar-refractivity contribution is 0.190. The standard InChI is InChI=1S/C50H40N2O/c51-46(40-25-26-48-45(31-40)50-44-19-11-10-18-39(44)24-27-49(50)53-48)32-47(52-33-34-12-4-1-5-13-34)43-29-41(36-16-8-3-9-17-36)28-42(30-43)38-22-20-37(21-23-38)35-14-6-2-7-15-35/h1-30,32,45,49-50H,31,33,51H2/b46-32-,52-47?. The van der Waals surface area contributed by atoms with E-state index in [1.807, 2.05) is 6.07 Å². The Kier molecular flexibility index (Phi) is 8.75. The number of allylic oxidation sites excluding steroid dienone is 5. The summed E-state index contributed by atoms with van der Waals surface area (Å²) in [5, 5.41) is 0. The monoisotopic (exact) mass is 684 g/mol. The van der Waals surface area contributed by atoms with Gasteiger partial charge in [-0.25, -0.2) is 0 Å². The highest BCUT2D eigenvalue weighted by molar-refractivity contribution is 6.10. The van der Waals surface area contributed by atoms with Crippen molar-refractivity contribution in [3.63, 3.8) is 0 Å². The van der Waals surface area contributed by atoms with Crippen LogP contribution in [0.1, 0.15) is 34.6 Å². The van der Waals surface area contributed by atoms with Gasteiger partial charge in [-0.05, 0) is 98.5 Å². The van der Waals surface area contributed by atoms with Crippen LogP contribution < -0.4 is 5.73 Å². The highest BCUT2D eigenvalue weighted by Crippen LogP contribution is 2.51. The van der Waals surface area contributed by atoms with Crippen molar-refractivity contribution >= 4 is 11.8 Å². The zero-order valence-electron chi connectivity index (χ0n) is 29.5. The molecule has 0 saturated carbocycles. The van der Waals surface area contributed by atoms with E-state index in [-0.39, 0.29) is 17.9 Å². The number of rotatable bonds is 8. The van der Waals surface area contributed by atoms with E-state index in [0.717, 1.165) is 62.5 Å². The van der Waals surface area contributed by atoms with Crippen molar-refractivity contribution in [2.24, 2.45) is 16.6 Å². The lowest BCUT2D eigenvalue weighted by Gasteiger charge is -2.27. The fourth-order valence-electron chi connectivity index (χ4n) is 7.98. The third-order valence-electron chi connectivity index (χ3n) is 10.7. The van der Waals surface area contributed by atoms with Gasteiger partial charge in [-0.1, -0.05) is 152 Å². The Bertz CT molecular complexity index is 2420. The molecule has 0 amide bonds. The second-order valence-corrected chi connectivity index (χ2v) is 14.1. The molecule has 2 N–H and O–H groups in total. The van der Waals surface area contributed by atoms with E-state index < -0.39 is 0 Å². The minimum absolute atomic E-state index is 0.0444. The van der Waals surface area contributed by atoms with E-state index in [1.54, 1.807) is 0 Å². The summed E-state index contributed by atoms with van der Waals surface area (Å²) in [5.74, 6) is 1.55. The predicted molar refractivity (Wildman–Crippen MR) is 219 cm³/mol. The third kappa shape index (κ3) is 6.70. The third-order valence-corrected chi connectivity index (χ3v) is 10.7. The maximum atomic E-state index is 7.10. The number of aliphatic imine (C=N–C) groups is 1. The largest absolute Gasteiger partial charge is 0.490 e. The number of benzene rings is 6. The SMILES string of the molecule is N/C(=C\C(=NCc1ccccc1)c1cc(-c2ccccc2)cc(-c2ccc(-c3ccccc3)cc2)c1)C1=CC=C2OC3C=Cc4ccccc4C3C2C1. The summed E-state index contributed by atoms with van der Waals surface area (Å²) in [6.45, 7) is 0.545. The zero-order valence-corrected chi connectivity index (χ0v) is 29.5. The van der Waals surface area contributed by atoms with E-state index in [1.165, 1.54) is 22.3 Å². The molecule has 3 nitrogen and oxygen atoms in total. The minimum Gasteiger partial charge on any atom is -0.490 e. The van der Waals surface area contributed by atoms with Gasteiger partial charge in [0.25, 0.3) is 0 Å². The van der Waals surface area contributed by atoms with Crippen LogP contribution in [0.4, 0.5) is 0 Å². The average Bonchev–Trinajstić information content (AvgIpc) is 3.62. The van der Waals surface area contributed by atoms with Gasteiger partial charge in [0.05, 0.1) is 12.3 Å². The first kappa shape index (κ1) is 32.5. The molecule has 1 aliphatic heterocycles. The molecule has 0 spiro atoms. The highest BCUT2D eigenvalue weighted by atomic mass is 16.5. The van der Waals surface area contributed by atoms with E-state index in [2.05, 4.69) is 182 Å². The van der Waals surface area contributed by atoms with Crippen LogP contribution in [-0.2, 0) is 11.3 Å². The Morgan fingerprint density at radius 3 is 1.92 bits per heavy atom. The molecule has 6 aromatic carbocycles. The van der Waals surface area contributed by atoms with Crippen molar-refractivity contribution < 1.29 is 4.74 Å². The van der Waals surface area contributed by atoms with Crippen LogP contribution in [0.15, 0.2) is 204 Å². The summed E-state index contributed by atoms with van der Waals surface area (Å²) in [5.41, 5.74) is 21.6. The van der Waals surface area contributed by atoms with Gasteiger partial charge in [0.2, 0.25) is 0 Å². The molecule has 3 aliphatic rings. The quantitative estimate of drug-likeness (QED) is 0.162. The Balaban J connectivity index is 1.10. The second-order valence-electron chi connectivity index (χ2n) is 14.1. The summed E-state index contributed by atoms with van der Waals surface area (Å²) < 4.78 is 6.48. The number of hydrogen-bond donors (Lipinski definition) is 1. The first-order valence-corrected chi connectivity index (χ1v) is 18.4. The van der Waals surface area contributed by atoms with Crippen molar-refractivity contribution in [3.8, 4) is 33.4 Å². The molecule has 1 heterocycles. The Morgan fingerprint density at radius 2 is 1.23 bits per heavy atom. The molecular formula is C50H40N2O. The molecular weight excluding hydrogens is 645 g/mol. The molecule has 1 fully saturated rings. The van der Waals surface area contributed by atoms with Crippen molar-refractivity contribution in [2.45, 2.75) is 25.0 Å². The van der Waals surface area contributed by atoms with Gasteiger partial charge in [0.15, 0.2) is 0 Å². The van der Waals surface area contributed by atoms with E-state index >= 15 is 0 Å². The molecule has 1 saturated heterocycles. The summed E-state index contributed by atoms with van der Waals surface area (Å²) in [7, 11) is 0. The average molecular weight is 685 g/mol. The molecule has 3 unspecified atom stereocenters. The van der Waals surface area contributed by atoms with Crippen LogP contribution in [0, 0.1) is 5.92 Å². The fourth-order valence-corrected chi connectivity index (χ4v) is 7.98. The lowest BCUT2D eigenvalue weighted by Crippen LogP contribution is -2.22. The van der Waals surface area contributed by atoms with E-state index in [0.29, 0.717) is 6.54 Å². The van der Waals surface area contributed by atoms with Crippen LogP contribution >= 0.6 is 0 Å². The molecule has 9 rings (SSSR count). The van der Waals surface area contributed by atoms with Crippen molar-refractivity contribution in [1.82, 2.24) is 0 Å². The molecule has 256 valence electrons. The van der Waals surface area contributed by atoms with Crippen molar-refractivity contribution in [3.05, 3.63) is 221 Å². The molecule has 3 atom stereocenters. The summed E-state index contributed by atoms with van der Waals surface area (Å²) in [4.78, 5) is 5.27. The summed E-state index contributed by atoms with van der Waals surface area (Å²) in [6, 6.07) is 55.8. The number of nitrogens with zero attached hydrogens (tertiary/aromatic N) is 1. The number of nitrogens with two attached hydrogens (primary N) is 1. The van der Waals surface area contributed by atoms with Crippen LogP contribution in [0.25, 0.3) is 39.5 Å². The first-order valence-electron chi connectivity index (χ1n) is 18.4. The van der Waals surface area contributed by atoms with Crippen molar-refractivity contribution in [2.75, 3.05) is 0 Å². The Morgan fingerprint density at radius 1 is 0.642 bits per heavy atom. The van der Waals surface area contributed by atoms with Gasteiger partial charge in [0, 0.05) is 23.1 Å². The summed E-state index contributed by atoms with van der Waals surface area (Å²) >= 11 is 0. The normalized spacial score (nSPS) is 19.0. The second kappa shape index (κ2) is 14.3. The van der Waals surface area contributed by atoms with Gasteiger partial charge in [0.1, 0.15) is 11.9 Å². The zero-order chi connectivity index (χ0) is 35.6. The lowest BCUT2D eigenvalue weighted by atomic mass is 9.74. The predicted octanol–water partition coefficient (Wildman–Crippen LogP) is 11.6. The van der Waals surface area contributed by atoms with Gasteiger partial charge in [-0.3, -0.25) is 4.99 Å². The molecule has 3 heteroatoms. The van der Waals surface area contributed by atoms with Crippen LogP contribution in [0.5, 0.6) is 0 Å². The van der Waals surface area contributed by atoms with Gasteiger partial charge in [-0.15, -0.1) is 0 Å². The van der Waals surface area contributed by atoms with Gasteiger partial charge in [-0.2, -0.15) is 0 Å². The molecule has 6 aromatic rings. The molecule has 0 radical (unpaired) electrons. The van der Waals surface area contributed by atoms with E-state index in [9.17, 15) is 0 Å². The number of fused-ring (bicyclic) bond motifs is 5. The molecule has 0 bridgehead atoms. The van der Waals surface area contributed by atoms with Gasteiger partial charge >= 0.3 is 0 Å². The fraction of sp³-hybridized carbons (Fsp3) is 0.100. The molecule has 2 aliphatic carbocycles. The van der Waals surface area contributed by atoms with Crippen LogP contribution in [0.2, 0.25) is 0 Å². The van der Waals surface area contributed by atoms with E-state index in [4.69, 9.17) is 15.5 Å². The number of ether oxygens (including phenoxy) is 1. The smallest absolute Gasteiger partial charge is 0.124 e. The van der Waals surface area contributed by atoms with Crippen LogP contribution in [-0.4, -0.2) is 11.8 Å². The minimum atomic E-state index is 0.0444. The number of hydrogen-bond acceptors (Lipinski definition) is 3. The topological polar surface area (TPSA) is 47.6 Å². The highest BCUT2D eigenvalue weighted by Gasteiger charge is 2.44. The summed E-state index contributed by atoms with van der Waals surface area (Å²) in [6.07, 6.45) is 11.6. The molecule has 53 heavy (non-hydrogen) atoms.